The number of halogens is 3. The molecule has 5 heterocycles. The second-order valence-electron chi connectivity index (χ2n) is 7.99. The van der Waals surface area contributed by atoms with Crippen molar-refractivity contribution < 1.29 is 13.2 Å². The third kappa shape index (κ3) is 3.50. The molecule has 0 spiro atoms. The van der Waals surface area contributed by atoms with Crippen molar-refractivity contribution in [2.24, 2.45) is 7.05 Å². The Kier molecular flexibility index (Phi) is 4.52. The van der Waals surface area contributed by atoms with Gasteiger partial charge in [-0.1, -0.05) is 0 Å². The second kappa shape index (κ2) is 7.16. The van der Waals surface area contributed by atoms with E-state index in [2.05, 4.69) is 21.3 Å². The number of rotatable bonds is 5. The molecule has 1 saturated heterocycles. The van der Waals surface area contributed by atoms with Gasteiger partial charge in [0.1, 0.15) is 16.9 Å². The molecule has 0 aliphatic carbocycles. The number of nitriles is 1. The molecule has 1 fully saturated rings. The number of hydrogen-bond acceptors (Lipinski definition) is 6. The van der Waals surface area contributed by atoms with Crippen LogP contribution in [0, 0.1) is 11.3 Å². The summed E-state index contributed by atoms with van der Waals surface area (Å²) < 4.78 is 43.3. The Morgan fingerprint density at radius 2 is 2.03 bits per heavy atom. The minimum atomic E-state index is -4.28. The highest BCUT2D eigenvalue weighted by Gasteiger charge is 2.48. The van der Waals surface area contributed by atoms with E-state index in [0.717, 1.165) is 5.56 Å². The van der Waals surface area contributed by atoms with Gasteiger partial charge in [0.15, 0.2) is 5.82 Å². The van der Waals surface area contributed by atoms with Gasteiger partial charge in [-0.25, -0.2) is 9.97 Å². The van der Waals surface area contributed by atoms with Gasteiger partial charge >= 0.3 is 6.18 Å². The molecular formula is C20H18F3N9. The molecule has 1 aliphatic heterocycles. The van der Waals surface area contributed by atoms with E-state index in [4.69, 9.17) is 4.98 Å². The summed E-state index contributed by atoms with van der Waals surface area (Å²) in [5, 5.41) is 18.1. The van der Waals surface area contributed by atoms with Crippen molar-refractivity contribution in [3.63, 3.8) is 0 Å². The number of likely N-dealkylation sites (tertiary alicyclic amines) is 1. The van der Waals surface area contributed by atoms with Crippen LogP contribution in [0.5, 0.6) is 0 Å². The summed E-state index contributed by atoms with van der Waals surface area (Å²) in [6.45, 7) is -0.797. The Bertz CT molecular complexity index is 1320. The summed E-state index contributed by atoms with van der Waals surface area (Å²) in [5.41, 5.74) is 1.91. The zero-order valence-electron chi connectivity index (χ0n) is 17.0. The van der Waals surface area contributed by atoms with Crippen LogP contribution < -0.4 is 0 Å². The average Bonchev–Trinajstić information content (AvgIpc) is 3.44. The number of aromatic nitrogens is 7. The van der Waals surface area contributed by atoms with Crippen molar-refractivity contribution in [2.75, 3.05) is 19.6 Å². The third-order valence-corrected chi connectivity index (χ3v) is 5.54. The Hall–Kier alpha value is -3.72. The van der Waals surface area contributed by atoms with Gasteiger partial charge < -0.3 is 0 Å². The minimum absolute atomic E-state index is 0.0616. The Morgan fingerprint density at radius 3 is 2.72 bits per heavy atom. The van der Waals surface area contributed by atoms with E-state index in [-0.39, 0.29) is 19.5 Å². The lowest BCUT2D eigenvalue weighted by atomic mass is 9.87. The highest BCUT2D eigenvalue weighted by Crippen LogP contribution is 2.35. The quantitative estimate of drug-likeness (QED) is 0.473. The van der Waals surface area contributed by atoms with Crippen LogP contribution >= 0.6 is 0 Å². The topological polar surface area (TPSA) is 92.9 Å². The molecule has 0 aromatic carbocycles. The van der Waals surface area contributed by atoms with E-state index in [1.807, 2.05) is 19.3 Å². The largest absolute Gasteiger partial charge is 0.401 e. The average molecular weight is 441 g/mol. The molecule has 5 rings (SSSR count). The molecule has 0 amide bonds. The molecular weight excluding hydrogens is 423 g/mol. The summed E-state index contributed by atoms with van der Waals surface area (Å²) in [6, 6.07) is 5.68. The molecule has 4 aromatic rings. The van der Waals surface area contributed by atoms with Crippen molar-refractivity contribution in [2.45, 2.75) is 18.1 Å². The van der Waals surface area contributed by atoms with Gasteiger partial charge in [-0.05, 0) is 6.07 Å². The zero-order valence-corrected chi connectivity index (χ0v) is 17.0. The summed E-state index contributed by atoms with van der Waals surface area (Å²) >= 11 is 0. The van der Waals surface area contributed by atoms with Gasteiger partial charge in [-0.3, -0.25) is 18.7 Å². The van der Waals surface area contributed by atoms with Crippen LogP contribution in [0.1, 0.15) is 6.42 Å². The molecule has 12 heteroatoms. The maximum Gasteiger partial charge on any atom is 0.401 e. The van der Waals surface area contributed by atoms with Gasteiger partial charge in [-0.15, -0.1) is 0 Å². The standard InChI is InChI=1S/C20H18F3N9/c1-29-10-14(9-26-29)16-8-17-25-5-7-31(17)18(27-16)15-2-6-32(28-15)19(3-4-24)11-30(12-19)13-20(21,22)23/h2,5-10H,3,11-13H2,1H3. The van der Waals surface area contributed by atoms with E-state index in [1.54, 1.807) is 44.6 Å². The number of nitrogens with zero attached hydrogens (tertiary/aromatic N) is 9. The maximum atomic E-state index is 12.7. The Morgan fingerprint density at radius 1 is 1.22 bits per heavy atom. The lowest BCUT2D eigenvalue weighted by molar-refractivity contribution is -0.167. The Balaban J connectivity index is 1.51. The third-order valence-electron chi connectivity index (χ3n) is 5.54. The van der Waals surface area contributed by atoms with Crippen LogP contribution in [0.3, 0.4) is 0 Å². The SMILES string of the molecule is Cn1cc(-c2cc3nccn3c(-c3ccn(C4(CC#N)CN(CC(F)(F)F)C4)n3)n2)cn1. The molecule has 1 aliphatic rings. The van der Waals surface area contributed by atoms with Crippen LogP contribution in [-0.2, 0) is 12.6 Å². The monoisotopic (exact) mass is 441 g/mol. The van der Waals surface area contributed by atoms with Crippen molar-refractivity contribution >= 4 is 5.65 Å². The molecule has 164 valence electrons. The molecule has 0 saturated carbocycles. The number of alkyl halides is 3. The number of aryl methyl sites for hydroxylation is 1. The summed E-state index contributed by atoms with van der Waals surface area (Å²) in [4.78, 5) is 10.4. The van der Waals surface area contributed by atoms with E-state index in [9.17, 15) is 18.4 Å². The predicted molar refractivity (Wildman–Crippen MR) is 107 cm³/mol. The molecule has 0 atom stereocenters. The summed E-state index contributed by atoms with van der Waals surface area (Å²) in [6.07, 6.45) is 4.44. The lowest BCUT2D eigenvalue weighted by Crippen LogP contribution is -2.64. The van der Waals surface area contributed by atoms with E-state index >= 15 is 0 Å². The van der Waals surface area contributed by atoms with Gasteiger partial charge in [0, 0.05) is 56.6 Å². The van der Waals surface area contributed by atoms with Gasteiger partial charge in [0.05, 0.1) is 30.9 Å². The lowest BCUT2D eigenvalue weighted by Gasteiger charge is -2.49. The smallest absolute Gasteiger partial charge is 0.290 e. The highest BCUT2D eigenvalue weighted by atomic mass is 19.4. The van der Waals surface area contributed by atoms with Crippen LogP contribution in [0.2, 0.25) is 0 Å². The molecule has 0 bridgehead atoms. The van der Waals surface area contributed by atoms with Crippen LogP contribution in [-0.4, -0.2) is 64.6 Å². The van der Waals surface area contributed by atoms with Crippen LogP contribution in [0.4, 0.5) is 13.2 Å². The molecule has 32 heavy (non-hydrogen) atoms. The van der Waals surface area contributed by atoms with Gasteiger partial charge in [-0.2, -0.15) is 28.6 Å². The minimum Gasteiger partial charge on any atom is -0.290 e. The molecule has 0 radical (unpaired) electrons. The zero-order chi connectivity index (χ0) is 22.5. The first kappa shape index (κ1) is 20.2. The molecule has 0 unspecified atom stereocenters. The number of fused-ring (bicyclic) bond motifs is 1. The fraction of sp³-hybridized carbons (Fsp3) is 0.350. The second-order valence-corrected chi connectivity index (χ2v) is 7.99. The first-order valence-electron chi connectivity index (χ1n) is 9.82. The van der Waals surface area contributed by atoms with Crippen LogP contribution in [0.15, 0.2) is 43.1 Å². The molecule has 4 aromatic heterocycles. The summed E-state index contributed by atoms with van der Waals surface area (Å²) in [7, 11) is 1.81. The van der Waals surface area contributed by atoms with Gasteiger partial charge in [0.2, 0.25) is 0 Å². The van der Waals surface area contributed by atoms with E-state index in [1.165, 1.54) is 4.90 Å². The van der Waals surface area contributed by atoms with Crippen molar-refractivity contribution in [3.05, 3.63) is 43.1 Å². The van der Waals surface area contributed by atoms with E-state index < -0.39 is 18.3 Å². The highest BCUT2D eigenvalue weighted by molar-refractivity contribution is 5.67. The number of imidazole rings is 1. The van der Waals surface area contributed by atoms with Crippen molar-refractivity contribution in [1.29, 1.82) is 5.26 Å². The molecule has 0 N–H and O–H groups in total. The Labute approximate surface area is 180 Å². The van der Waals surface area contributed by atoms with Crippen molar-refractivity contribution in [3.8, 4) is 28.8 Å². The van der Waals surface area contributed by atoms with E-state index in [0.29, 0.717) is 22.9 Å². The maximum absolute atomic E-state index is 12.7. The van der Waals surface area contributed by atoms with Crippen molar-refractivity contribution in [1.82, 2.24) is 38.8 Å². The summed E-state index contributed by atoms with van der Waals surface area (Å²) in [5.74, 6) is 0.538. The first-order chi connectivity index (χ1) is 15.3. The number of hydrogen-bond donors (Lipinski definition) is 0. The first-order valence-corrected chi connectivity index (χ1v) is 9.82. The fourth-order valence-electron chi connectivity index (χ4n) is 4.15. The predicted octanol–water partition coefficient (Wildman–Crippen LogP) is 2.48. The fourth-order valence-corrected chi connectivity index (χ4v) is 4.15. The molecule has 9 nitrogen and oxygen atoms in total. The normalized spacial score (nSPS) is 16.2. The van der Waals surface area contributed by atoms with Crippen LogP contribution in [0.25, 0.3) is 28.4 Å². The van der Waals surface area contributed by atoms with Gasteiger partial charge in [0.25, 0.3) is 0 Å².